The second-order valence-electron chi connectivity index (χ2n) is 4.66. The minimum atomic E-state index is -0.230. The molecule has 0 spiro atoms. The number of halogens is 1. The van der Waals surface area contributed by atoms with Gasteiger partial charge in [0.2, 0.25) is 0 Å². The van der Waals surface area contributed by atoms with Gasteiger partial charge in [-0.2, -0.15) is 0 Å². The van der Waals surface area contributed by atoms with Crippen LogP contribution in [0.2, 0.25) is 0 Å². The van der Waals surface area contributed by atoms with Crippen molar-refractivity contribution >= 4 is 0 Å². The average molecular weight is 253 g/mol. The number of rotatable bonds is 4. The van der Waals surface area contributed by atoms with E-state index in [0.29, 0.717) is 17.9 Å². The summed E-state index contributed by atoms with van der Waals surface area (Å²) in [7, 11) is 1.56. The van der Waals surface area contributed by atoms with Gasteiger partial charge in [-0.15, -0.1) is 0 Å². The minimum absolute atomic E-state index is 0.0900. The van der Waals surface area contributed by atoms with E-state index in [1.165, 1.54) is 6.07 Å². The number of ether oxygens (including phenoxy) is 2. The molecular weight excluding hydrogens is 233 g/mol. The lowest BCUT2D eigenvalue weighted by Gasteiger charge is -2.27. The van der Waals surface area contributed by atoms with Gasteiger partial charge in [-0.05, 0) is 31.9 Å². The zero-order valence-corrected chi connectivity index (χ0v) is 10.9. The monoisotopic (exact) mass is 253 g/mol. The molecule has 2 unspecified atom stereocenters. The Morgan fingerprint density at radius 1 is 1.50 bits per heavy atom. The standard InChI is InChI=1S/C14H20FNO2/c1-10(16-11-5-4-8-18-9-11)14-12(15)6-3-7-13(14)17-2/h3,6-7,10-11,16H,4-5,8-9H2,1-2H3. The number of hydrogen-bond acceptors (Lipinski definition) is 3. The number of hydrogen-bond donors (Lipinski definition) is 1. The first-order valence-electron chi connectivity index (χ1n) is 6.38. The van der Waals surface area contributed by atoms with Crippen LogP contribution >= 0.6 is 0 Å². The van der Waals surface area contributed by atoms with Gasteiger partial charge in [0, 0.05) is 24.3 Å². The summed E-state index contributed by atoms with van der Waals surface area (Å²) in [6.07, 6.45) is 2.12. The molecule has 0 radical (unpaired) electrons. The maximum Gasteiger partial charge on any atom is 0.131 e. The van der Waals surface area contributed by atoms with Crippen LogP contribution in [0.25, 0.3) is 0 Å². The van der Waals surface area contributed by atoms with Crippen molar-refractivity contribution in [3.63, 3.8) is 0 Å². The van der Waals surface area contributed by atoms with Gasteiger partial charge in [-0.3, -0.25) is 0 Å². The van der Waals surface area contributed by atoms with Crippen LogP contribution in [-0.4, -0.2) is 26.4 Å². The predicted molar refractivity (Wildman–Crippen MR) is 68.3 cm³/mol. The van der Waals surface area contributed by atoms with Crippen LogP contribution < -0.4 is 10.1 Å². The summed E-state index contributed by atoms with van der Waals surface area (Å²) in [4.78, 5) is 0. The summed E-state index contributed by atoms with van der Waals surface area (Å²) < 4.78 is 24.5. The van der Waals surface area contributed by atoms with Crippen molar-refractivity contribution in [3.05, 3.63) is 29.6 Å². The highest BCUT2D eigenvalue weighted by atomic mass is 19.1. The van der Waals surface area contributed by atoms with Crippen LogP contribution in [0.15, 0.2) is 18.2 Å². The SMILES string of the molecule is COc1cccc(F)c1C(C)NC1CCCOC1. The summed E-state index contributed by atoms with van der Waals surface area (Å²) >= 11 is 0. The van der Waals surface area contributed by atoms with Gasteiger partial charge in [-0.25, -0.2) is 4.39 Å². The quantitative estimate of drug-likeness (QED) is 0.895. The number of methoxy groups -OCH3 is 1. The molecule has 3 nitrogen and oxygen atoms in total. The zero-order chi connectivity index (χ0) is 13.0. The Bertz CT molecular complexity index is 391. The molecular formula is C14H20FNO2. The normalized spacial score (nSPS) is 21.6. The highest BCUT2D eigenvalue weighted by Crippen LogP contribution is 2.28. The van der Waals surface area contributed by atoms with Crippen LogP contribution in [-0.2, 0) is 4.74 Å². The van der Waals surface area contributed by atoms with E-state index in [1.54, 1.807) is 19.2 Å². The van der Waals surface area contributed by atoms with Crippen molar-refractivity contribution in [2.75, 3.05) is 20.3 Å². The number of nitrogens with one attached hydrogen (secondary N) is 1. The summed E-state index contributed by atoms with van der Waals surface area (Å²) in [6.45, 7) is 3.48. The van der Waals surface area contributed by atoms with E-state index in [2.05, 4.69) is 5.32 Å². The van der Waals surface area contributed by atoms with Gasteiger partial charge in [0.1, 0.15) is 11.6 Å². The van der Waals surface area contributed by atoms with Crippen molar-refractivity contribution in [2.24, 2.45) is 0 Å². The Morgan fingerprint density at radius 3 is 3.00 bits per heavy atom. The lowest BCUT2D eigenvalue weighted by Crippen LogP contribution is -2.38. The third kappa shape index (κ3) is 3.00. The Balaban J connectivity index is 2.09. The van der Waals surface area contributed by atoms with Crippen molar-refractivity contribution < 1.29 is 13.9 Å². The molecule has 1 heterocycles. The van der Waals surface area contributed by atoms with Gasteiger partial charge < -0.3 is 14.8 Å². The Labute approximate surface area is 107 Å². The molecule has 1 aromatic carbocycles. The molecule has 2 atom stereocenters. The van der Waals surface area contributed by atoms with Gasteiger partial charge >= 0.3 is 0 Å². The molecule has 1 fully saturated rings. The van der Waals surface area contributed by atoms with Crippen molar-refractivity contribution in [2.45, 2.75) is 31.8 Å². The van der Waals surface area contributed by atoms with Crippen LogP contribution in [0.4, 0.5) is 4.39 Å². The Kier molecular flexibility index (Phi) is 4.55. The van der Waals surface area contributed by atoms with Crippen molar-refractivity contribution in [3.8, 4) is 5.75 Å². The summed E-state index contributed by atoms with van der Waals surface area (Å²) in [5.74, 6) is 0.359. The fourth-order valence-electron chi connectivity index (χ4n) is 2.42. The van der Waals surface area contributed by atoms with Crippen LogP contribution in [0.5, 0.6) is 5.75 Å². The second-order valence-corrected chi connectivity index (χ2v) is 4.66. The van der Waals surface area contributed by atoms with E-state index < -0.39 is 0 Å². The average Bonchev–Trinajstić information content (AvgIpc) is 2.39. The van der Waals surface area contributed by atoms with E-state index >= 15 is 0 Å². The zero-order valence-electron chi connectivity index (χ0n) is 10.9. The molecule has 0 aromatic heterocycles. The predicted octanol–water partition coefficient (Wildman–Crippen LogP) is 2.66. The molecule has 0 amide bonds. The van der Waals surface area contributed by atoms with Crippen LogP contribution in [0.3, 0.4) is 0 Å². The van der Waals surface area contributed by atoms with E-state index in [0.717, 1.165) is 19.4 Å². The molecule has 4 heteroatoms. The number of benzene rings is 1. The van der Waals surface area contributed by atoms with Gasteiger partial charge in [0.05, 0.1) is 13.7 Å². The first kappa shape index (κ1) is 13.3. The molecule has 2 rings (SSSR count). The fraction of sp³-hybridized carbons (Fsp3) is 0.571. The van der Waals surface area contributed by atoms with E-state index in [4.69, 9.17) is 9.47 Å². The van der Waals surface area contributed by atoms with Crippen molar-refractivity contribution in [1.82, 2.24) is 5.32 Å². The third-order valence-electron chi connectivity index (χ3n) is 3.31. The van der Waals surface area contributed by atoms with E-state index in [1.807, 2.05) is 6.92 Å². The Morgan fingerprint density at radius 2 is 2.33 bits per heavy atom. The van der Waals surface area contributed by atoms with Gasteiger partial charge in [0.25, 0.3) is 0 Å². The first-order chi connectivity index (χ1) is 8.72. The largest absolute Gasteiger partial charge is 0.496 e. The molecule has 18 heavy (non-hydrogen) atoms. The third-order valence-corrected chi connectivity index (χ3v) is 3.31. The van der Waals surface area contributed by atoms with Gasteiger partial charge in [-0.1, -0.05) is 6.07 Å². The highest BCUT2D eigenvalue weighted by molar-refractivity contribution is 5.36. The molecule has 100 valence electrons. The molecule has 1 aromatic rings. The lowest BCUT2D eigenvalue weighted by molar-refractivity contribution is 0.0668. The van der Waals surface area contributed by atoms with Gasteiger partial charge in [0.15, 0.2) is 0 Å². The molecule has 1 aliphatic rings. The fourth-order valence-corrected chi connectivity index (χ4v) is 2.42. The van der Waals surface area contributed by atoms with Crippen LogP contribution in [0, 0.1) is 5.82 Å². The molecule has 0 bridgehead atoms. The van der Waals surface area contributed by atoms with E-state index in [9.17, 15) is 4.39 Å². The van der Waals surface area contributed by atoms with Crippen LogP contribution in [0.1, 0.15) is 31.4 Å². The smallest absolute Gasteiger partial charge is 0.131 e. The summed E-state index contributed by atoms with van der Waals surface area (Å²) in [5.41, 5.74) is 0.588. The first-order valence-corrected chi connectivity index (χ1v) is 6.38. The molecule has 0 saturated carbocycles. The van der Waals surface area contributed by atoms with Crippen molar-refractivity contribution in [1.29, 1.82) is 0 Å². The molecule has 1 N–H and O–H groups in total. The Hall–Kier alpha value is -1.13. The maximum absolute atomic E-state index is 13.9. The highest BCUT2D eigenvalue weighted by Gasteiger charge is 2.21. The molecule has 1 saturated heterocycles. The van der Waals surface area contributed by atoms with E-state index in [-0.39, 0.29) is 17.9 Å². The minimum Gasteiger partial charge on any atom is -0.496 e. The summed E-state index contributed by atoms with van der Waals surface area (Å²) in [6, 6.07) is 5.11. The molecule has 1 aliphatic heterocycles. The topological polar surface area (TPSA) is 30.5 Å². The molecule has 0 aliphatic carbocycles. The second kappa shape index (κ2) is 6.16. The maximum atomic E-state index is 13.9. The summed E-state index contributed by atoms with van der Waals surface area (Å²) in [5, 5.41) is 3.41. The lowest BCUT2D eigenvalue weighted by atomic mass is 10.0.